The lowest BCUT2D eigenvalue weighted by Gasteiger charge is -2.60. The van der Waals surface area contributed by atoms with Gasteiger partial charge < -0.3 is 5.11 Å². The zero-order valence-corrected chi connectivity index (χ0v) is 11.8. The molecule has 6 heteroatoms. The fraction of sp³-hybridized carbons (Fsp3) is 0.909. The highest BCUT2D eigenvalue weighted by Crippen LogP contribution is 2.79. The fourth-order valence-corrected chi connectivity index (χ4v) is 7.38. The van der Waals surface area contributed by atoms with Gasteiger partial charge in [0.1, 0.15) is 0 Å². The monoisotopic (exact) mass is 296 g/mol. The largest absolute Gasteiger partial charge is 0.481 e. The number of carboxylic acids is 1. The second-order valence-electron chi connectivity index (χ2n) is 6.23. The van der Waals surface area contributed by atoms with Crippen molar-refractivity contribution in [2.45, 2.75) is 43.7 Å². The van der Waals surface area contributed by atoms with Gasteiger partial charge in [-0.1, -0.05) is 0 Å². The standard InChI is InChI=1S/C11H15Cl2O3P/c12-17(13,16)11-4-7-1-8(5-11)3-10(2-7,6-11)9(14)15/h7-8H,1-6H2,(H,14,15)/t7-,8+,10?,11?. The van der Waals surface area contributed by atoms with Crippen molar-refractivity contribution in [2.75, 3.05) is 0 Å². The Hall–Kier alpha value is 0.280. The first-order chi connectivity index (χ1) is 7.76. The molecule has 96 valence electrons. The highest BCUT2D eigenvalue weighted by Gasteiger charge is 2.65. The molecule has 0 amide bonds. The van der Waals surface area contributed by atoms with Crippen molar-refractivity contribution in [2.24, 2.45) is 17.3 Å². The smallest absolute Gasteiger partial charge is 0.309 e. The number of carbonyl (C=O) groups is 1. The van der Waals surface area contributed by atoms with Crippen LogP contribution >= 0.6 is 28.3 Å². The van der Waals surface area contributed by atoms with Gasteiger partial charge >= 0.3 is 5.97 Å². The molecule has 4 aliphatic carbocycles. The van der Waals surface area contributed by atoms with Crippen molar-refractivity contribution in [3.05, 3.63) is 0 Å². The Balaban J connectivity index is 2.06. The van der Waals surface area contributed by atoms with E-state index in [1.54, 1.807) is 0 Å². The maximum absolute atomic E-state index is 12.2. The van der Waals surface area contributed by atoms with Crippen molar-refractivity contribution in [1.82, 2.24) is 0 Å². The molecular weight excluding hydrogens is 282 g/mol. The van der Waals surface area contributed by atoms with Gasteiger partial charge in [-0.2, -0.15) is 0 Å². The highest BCUT2D eigenvalue weighted by molar-refractivity contribution is 8.09. The van der Waals surface area contributed by atoms with Gasteiger partial charge in [-0.05, 0) is 72.8 Å². The third-order valence-electron chi connectivity index (χ3n) is 5.04. The van der Waals surface area contributed by atoms with Crippen molar-refractivity contribution in [3.63, 3.8) is 0 Å². The number of aliphatic carboxylic acids is 1. The van der Waals surface area contributed by atoms with Gasteiger partial charge in [0.2, 0.25) is 0 Å². The zero-order chi connectivity index (χ0) is 12.5. The molecule has 4 fully saturated rings. The van der Waals surface area contributed by atoms with Crippen molar-refractivity contribution in [3.8, 4) is 0 Å². The maximum Gasteiger partial charge on any atom is 0.309 e. The molecule has 4 bridgehead atoms. The third kappa shape index (κ3) is 1.62. The van der Waals surface area contributed by atoms with E-state index in [-0.39, 0.29) is 0 Å². The Morgan fingerprint density at radius 2 is 1.71 bits per heavy atom. The quantitative estimate of drug-likeness (QED) is 0.781. The number of hydrogen-bond donors (Lipinski definition) is 1. The number of carboxylic acid groups (broad SMARTS) is 1. The molecule has 0 saturated heterocycles. The average molecular weight is 297 g/mol. The summed E-state index contributed by atoms with van der Waals surface area (Å²) in [6.07, 6.45) is 4.41. The first-order valence-electron chi connectivity index (χ1n) is 5.99. The van der Waals surface area contributed by atoms with Crippen LogP contribution in [0.3, 0.4) is 0 Å². The summed E-state index contributed by atoms with van der Waals surface area (Å²) in [5.41, 5.74) is -0.705. The van der Waals surface area contributed by atoms with Crippen molar-refractivity contribution < 1.29 is 14.5 Å². The number of halogens is 2. The summed E-state index contributed by atoms with van der Waals surface area (Å²) in [6.45, 7) is 0. The molecule has 0 aromatic carbocycles. The normalized spacial score (nSPS) is 48.4. The Bertz CT molecular complexity index is 416. The van der Waals surface area contributed by atoms with Crippen LogP contribution in [0.5, 0.6) is 0 Å². The molecule has 0 heterocycles. The predicted molar refractivity (Wildman–Crippen MR) is 66.8 cm³/mol. The van der Waals surface area contributed by atoms with Gasteiger partial charge in [-0.25, -0.2) is 0 Å². The minimum atomic E-state index is -3.27. The number of rotatable bonds is 2. The molecule has 4 atom stereocenters. The molecule has 0 aliphatic heterocycles. The van der Waals surface area contributed by atoms with Crippen LogP contribution in [0.1, 0.15) is 38.5 Å². The zero-order valence-electron chi connectivity index (χ0n) is 9.36. The maximum atomic E-state index is 12.2. The van der Waals surface area contributed by atoms with Gasteiger partial charge in [0.15, 0.2) is 0 Å². The van der Waals surface area contributed by atoms with Crippen LogP contribution in [0.15, 0.2) is 0 Å². The van der Waals surface area contributed by atoms with Crippen LogP contribution in [-0.2, 0) is 9.36 Å². The minimum Gasteiger partial charge on any atom is -0.481 e. The molecule has 0 radical (unpaired) electrons. The molecule has 17 heavy (non-hydrogen) atoms. The highest BCUT2D eigenvalue weighted by atomic mass is 35.9. The summed E-state index contributed by atoms with van der Waals surface area (Å²) in [5, 5.41) is 8.87. The lowest BCUT2D eigenvalue weighted by atomic mass is 9.49. The SMILES string of the molecule is O=C(O)C12C[C@H]3C[C@@H](C1)CC(P(=O)(Cl)Cl)(C3)C2. The molecule has 2 unspecified atom stereocenters. The van der Waals surface area contributed by atoms with Crippen LogP contribution in [-0.4, -0.2) is 16.2 Å². The third-order valence-corrected chi connectivity index (χ3v) is 8.82. The van der Waals surface area contributed by atoms with E-state index in [9.17, 15) is 14.5 Å². The van der Waals surface area contributed by atoms with E-state index >= 15 is 0 Å². The first kappa shape index (κ1) is 12.3. The molecule has 0 spiro atoms. The summed E-state index contributed by atoms with van der Waals surface area (Å²) in [4.78, 5) is 11.5. The van der Waals surface area contributed by atoms with E-state index in [0.29, 0.717) is 31.1 Å². The van der Waals surface area contributed by atoms with Gasteiger partial charge in [-0.15, -0.1) is 0 Å². The van der Waals surface area contributed by atoms with Crippen LogP contribution in [0.4, 0.5) is 0 Å². The second-order valence-corrected chi connectivity index (χ2v) is 11.5. The Kier molecular flexibility index (Phi) is 2.49. The van der Waals surface area contributed by atoms with Gasteiger partial charge in [0, 0.05) is 0 Å². The topological polar surface area (TPSA) is 54.4 Å². The summed E-state index contributed by atoms with van der Waals surface area (Å²) in [6, 6.07) is 0. The van der Waals surface area contributed by atoms with Crippen LogP contribution in [0, 0.1) is 17.3 Å². The molecule has 4 aliphatic rings. The minimum absolute atomic E-state index is 0.346. The molecule has 4 saturated carbocycles. The van der Waals surface area contributed by atoms with Crippen LogP contribution < -0.4 is 0 Å². The molecule has 0 aromatic heterocycles. The Morgan fingerprint density at radius 3 is 2.12 bits per heavy atom. The fourth-order valence-electron chi connectivity index (χ4n) is 4.77. The van der Waals surface area contributed by atoms with Crippen LogP contribution in [0.25, 0.3) is 0 Å². The summed E-state index contributed by atoms with van der Waals surface area (Å²) in [7, 11) is 0. The van der Waals surface area contributed by atoms with E-state index < -0.39 is 22.4 Å². The lowest BCUT2D eigenvalue weighted by Crippen LogP contribution is -2.57. The summed E-state index contributed by atoms with van der Waals surface area (Å²) >= 11 is 11.9. The lowest BCUT2D eigenvalue weighted by molar-refractivity contribution is -0.162. The molecule has 4 rings (SSSR count). The van der Waals surface area contributed by atoms with Crippen molar-refractivity contribution in [1.29, 1.82) is 0 Å². The van der Waals surface area contributed by atoms with Gasteiger partial charge in [0.25, 0.3) is 5.85 Å². The van der Waals surface area contributed by atoms with Gasteiger partial charge in [0.05, 0.1) is 10.6 Å². The van der Waals surface area contributed by atoms with E-state index in [0.717, 1.165) is 19.3 Å². The van der Waals surface area contributed by atoms with Gasteiger partial charge in [-0.3, -0.25) is 9.36 Å². The molecule has 1 N–H and O–H groups in total. The number of hydrogen-bond acceptors (Lipinski definition) is 2. The van der Waals surface area contributed by atoms with E-state index in [4.69, 9.17) is 22.5 Å². The molecule has 3 nitrogen and oxygen atoms in total. The first-order valence-corrected chi connectivity index (χ1v) is 9.51. The second kappa shape index (κ2) is 3.43. The van der Waals surface area contributed by atoms with E-state index in [2.05, 4.69) is 0 Å². The van der Waals surface area contributed by atoms with Crippen molar-refractivity contribution >= 4 is 34.3 Å². The van der Waals surface area contributed by atoms with Crippen LogP contribution in [0.2, 0.25) is 0 Å². The van der Waals surface area contributed by atoms with E-state index in [1.165, 1.54) is 0 Å². The summed E-state index contributed by atoms with van der Waals surface area (Å²) < 4.78 is 12.2. The molecule has 0 aromatic rings. The summed E-state index contributed by atoms with van der Waals surface area (Å²) in [5.74, 6) is -3.33. The predicted octanol–water partition coefficient (Wildman–Crippen LogP) is 4.08. The average Bonchev–Trinajstić information content (AvgIpc) is 2.13. The Morgan fingerprint density at radius 1 is 1.18 bits per heavy atom. The Labute approximate surface area is 110 Å². The van der Waals surface area contributed by atoms with E-state index in [1.807, 2.05) is 0 Å². The molecular formula is C11H15Cl2O3P.